The molecule has 2 aromatic rings. The van der Waals surface area contributed by atoms with Crippen molar-refractivity contribution in [2.45, 2.75) is 45.4 Å². The second kappa shape index (κ2) is 9.51. The fraction of sp³-hybridized carbons (Fsp3) is 0.409. The van der Waals surface area contributed by atoms with Crippen molar-refractivity contribution in [1.29, 1.82) is 0 Å². The lowest BCUT2D eigenvalue weighted by molar-refractivity contribution is -0.165. The van der Waals surface area contributed by atoms with Gasteiger partial charge in [0.25, 0.3) is 5.91 Å². The number of nitrogens with two attached hydrogens (primary N) is 1. The molecule has 0 aliphatic rings. The zero-order valence-electron chi connectivity index (χ0n) is 16.1. The molecule has 0 saturated heterocycles. The molecule has 0 spiro atoms. The molecule has 0 heterocycles. The molecule has 0 aliphatic carbocycles. The number of carbonyl (C=O) groups is 1. The lowest BCUT2D eigenvalue weighted by Gasteiger charge is -2.37. The van der Waals surface area contributed by atoms with E-state index in [2.05, 4.69) is 31.2 Å². The highest BCUT2D eigenvalue weighted by Crippen LogP contribution is 2.20. The van der Waals surface area contributed by atoms with Gasteiger partial charge in [0.2, 0.25) is 0 Å². The summed E-state index contributed by atoms with van der Waals surface area (Å²) in [4.78, 5) is 14.1. The Morgan fingerprint density at radius 2 is 1.58 bits per heavy atom. The lowest BCUT2D eigenvalue weighted by atomic mass is 10.0. The average molecular weight is 354 g/mol. The zero-order valence-corrected chi connectivity index (χ0v) is 16.1. The summed E-state index contributed by atoms with van der Waals surface area (Å²) in [6.07, 6.45) is 3.07. The first-order valence-corrected chi connectivity index (χ1v) is 9.21. The Kier molecular flexibility index (Phi) is 7.37. The molecule has 1 atom stereocenters. The number of nitrogens with zero attached hydrogens (tertiary/aromatic N) is 1. The Bertz CT molecular complexity index is 685. The van der Waals surface area contributed by atoms with Gasteiger partial charge in [0.15, 0.2) is 5.72 Å². The number of carbonyl (C=O) groups excluding carboxylic acids is 1. The fourth-order valence-corrected chi connectivity index (χ4v) is 3.06. The second-order valence-electron chi connectivity index (χ2n) is 6.77. The standard InChI is InChI=1S/C22H30N2O2/c1-4-8-18-11-13-19(14-12-18)15-16-24(22(2,26-3)21(23)25)17-20-9-6-5-7-10-20/h5-7,9-14H,4,8,15-17H2,1-3H3,(H2,23,25). The number of primary amides is 1. The molecule has 0 aromatic heterocycles. The third-order valence-corrected chi connectivity index (χ3v) is 4.91. The number of hydrogen-bond acceptors (Lipinski definition) is 3. The van der Waals surface area contributed by atoms with Crippen LogP contribution in [0, 0.1) is 0 Å². The summed E-state index contributed by atoms with van der Waals surface area (Å²) in [5.41, 5.74) is 8.23. The molecule has 2 aromatic carbocycles. The first kappa shape index (κ1) is 20.1. The van der Waals surface area contributed by atoms with E-state index in [4.69, 9.17) is 10.5 Å². The SMILES string of the molecule is CCCc1ccc(CCN(Cc2ccccc2)C(C)(OC)C(N)=O)cc1. The predicted octanol–water partition coefficient (Wildman–Crippen LogP) is 3.53. The Balaban J connectivity index is 2.14. The Morgan fingerprint density at radius 3 is 2.08 bits per heavy atom. The van der Waals surface area contributed by atoms with Gasteiger partial charge in [0, 0.05) is 20.2 Å². The molecule has 0 bridgehead atoms. The van der Waals surface area contributed by atoms with Gasteiger partial charge in [-0.2, -0.15) is 0 Å². The van der Waals surface area contributed by atoms with E-state index < -0.39 is 11.6 Å². The lowest BCUT2D eigenvalue weighted by Crippen LogP contribution is -2.57. The molecule has 0 radical (unpaired) electrons. The van der Waals surface area contributed by atoms with Crippen molar-refractivity contribution in [3.05, 3.63) is 71.3 Å². The molecule has 1 unspecified atom stereocenters. The van der Waals surface area contributed by atoms with Gasteiger partial charge in [-0.25, -0.2) is 0 Å². The van der Waals surface area contributed by atoms with Crippen LogP contribution >= 0.6 is 0 Å². The van der Waals surface area contributed by atoms with E-state index in [0.717, 1.165) is 24.8 Å². The van der Waals surface area contributed by atoms with Crippen molar-refractivity contribution < 1.29 is 9.53 Å². The summed E-state index contributed by atoms with van der Waals surface area (Å²) >= 11 is 0. The van der Waals surface area contributed by atoms with Gasteiger partial charge < -0.3 is 10.5 Å². The molecule has 0 aliphatic heterocycles. The molecule has 2 N–H and O–H groups in total. The van der Waals surface area contributed by atoms with Crippen LogP contribution in [0.15, 0.2) is 54.6 Å². The smallest absolute Gasteiger partial charge is 0.264 e. The summed E-state index contributed by atoms with van der Waals surface area (Å²) in [7, 11) is 1.53. The minimum absolute atomic E-state index is 0.478. The van der Waals surface area contributed by atoms with Crippen molar-refractivity contribution >= 4 is 5.91 Å². The topological polar surface area (TPSA) is 55.6 Å². The summed E-state index contributed by atoms with van der Waals surface area (Å²) < 4.78 is 5.52. The van der Waals surface area contributed by atoms with Crippen molar-refractivity contribution in [3.8, 4) is 0 Å². The van der Waals surface area contributed by atoms with Gasteiger partial charge in [0.05, 0.1) is 0 Å². The minimum Gasteiger partial charge on any atom is -0.366 e. The molecule has 0 fully saturated rings. The van der Waals surface area contributed by atoms with E-state index in [1.54, 1.807) is 6.92 Å². The van der Waals surface area contributed by atoms with Crippen LogP contribution in [-0.4, -0.2) is 30.2 Å². The highest BCUT2D eigenvalue weighted by atomic mass is 16.5. The van der Waals surface area contributed by atoms with Crippen LogP contribution in [0.25, 0.3) is 0 Å². The van der Waals surface area contributed by atoms with E-state index >= 15 is 0 Å². The van der Waals surface area contributed by atoms with Crippen LogP contribution in [0.1, 0.15) is 37.0 Å². The van der Waals surface area contributed by atoms with E-state index in [0.29, 0.717) is 13.1 Å². The van der Waals surface area contributed by atoms with Crippen LogP contribution in [0.5, 0.6) is 0 Å². The van der Waals surface area contributed by atoms with Crippen LogP contribution in [0.3, 0.4) is 0 Å². The van der Waals surface area contributed by atoms with Crippen molar-refractivity contribution in [1.82, 2.24) is 4.90 Å². The van der Waals surface area contributed by atoms with Gasteiger partial charge >= 0.3 is 0 Å². The largest absolute Gasteiger partial charge is 0.366 e. The third kappa shape index (κ3) is 5.16. The highest BCUT2D eigenvalue weighted by molar-refractivity contribution is 5.82. The van der Waals surface area contributed by atoms with Gasteiger partial charge in [-0.15, -0.1) is 0 Å². The molecule has 2 rings (SSSR count). The summed E-state index contributed by atoms with van der Waals surface area (Å²) in [6.45, 7) is 5.20. The number of aryl methyl sites for hydroxylation is 1. The van der Waals surface area contributed by atoms with Crippen LogP contribution in [0.2, 0.25) is 0 Å². The predicted molar refractivity (Wildman–Crippen MR) is 106 cm³/mol. The summed E-state index contributed by atoms with van der Waals surface area (Å²) in [5.74, 6) is -0.478. The van der Waals surface area contributed by atoms with Gasteiger partial charge in [0.1, 0.15) is 0 Å². The van der Waals surface area contributed by atoms with Crippen molar-refractivity contribution in [3.63, 3.8) is 0 Å². The highest BCUT2D eigenvalue weighted by Gasteiger charge is 2.37. The number of methoxy groups -OCH3 is 1. The Hall–Kier alpha value is -2.17. The number of amides is 1. The van der Waals surface area contributed by atoms with Crippen molar-refractivity contribution in [2.75, 3.05) is 13.7 Å². The molecule has 4 nitrogen and oxygen atoms in total. The Labute approximate surface area is 157 Å². The second-order valence-corrected chi connectivity index (χ2v) is 6.77. The quantitative estimate of drug-likeness (QED) is 0.664. The van der Waals surface area contributed by atoms with E-state index in [1.165, 1.54) is 18.2 Å². The molecule has 26 heavy (non-hydrogen) atoms. The number of rotatable bonds is 10. The first-order chi connectivity index (χ1) is 12.5. The van der Waals surface area contributed by atoms with Crippen LogP contribution in [0.4, 0.5) is 0 Å². The van der Waals surface area contributed by atoms with Gasteiger partial charge in [-0.3, -0.25) is 9.69 Å². The summed E-state index contributed by atoms with van der Waals surface area (Å²) in [6, 6.07) is 18.8. The van der Waals surface area contributed by atoms with Gasteiger partial charge in [-0.1, -0.05) is 67.9 Å². The summed E-state index contributed by atoms with van der Waals surface area (Å²) in [5, 5.41) is 0. The molecular formula is C22H30N2O2. The van der Waals surface area contributed by atoms with E-state index in [1.807, 2.05) is 35.2 Å². The van der Waals surface area contributed by atoms with E-state index in [9.17, 15) is 4.79 Å². The molecular weight excluding hydrogens is 324 g/mol. The maximum absolute atomic E-state index is 12.1. The monoisotopic (exact) mass is 354 g/mol. The molecule has 0 saturated carbocycles. The first-order valence-electron chi connectivity index (χ1n) is 9.21. The normalized spacial score (nSPS) is 13.5. The van der Waals surface area contributed by atoms with Crippen LogP contribution in [-0.2, 0) is 28.9 Å². The van der Waals surface area contributed by atoms with Crippen LogP contribution < -0.4 is 5.73 Å². The van der Waals surface area contributed by atoms with E-state index in [-0.39, 0.29) is 0 Å². The number of ether oxygens (including phenoxy) is 1. The molecule has 140 valence electrons. The fourth-order valence-electron chi connectivity index (χ4n) is 3.06. The number of hydrogen-bond donors (Lipinski definition) is 1. The zero-order chi connectivity index (χ0) is 19.0. The molecule has 4 heteroatoms. The Morgan fingerprint density at radius 1 is 1.00 bits per heavy atom. The minimum atomic E-state index is -1.14. The number of benzene rings is 2. The average Bonchev–Trinajstić information content (AvgIpc) is 2.66. The maximum Gasteiger partial charge on any atom is 0.264 e. The molecule has 1 amide bonds. The maximum atomic E-state index is 12.1. The van der Waals surface area contributed by atoms with Crippen molar-refractivity contribution in [2.24, 2.45) is 5.73 Å². The third-order valence-electron chi connectivity index (χ3n) is 4.91. The van der Waals surface area contributed by atoms with Gasteiger partial charge in [-0.05, 0) is 36.5 Å².